The summed E-state index contributed by atoms with van der Waals surface area (Å²) >= 11 is 0. The molecule has 0 saturated heterocycles. The van der Waals surface area contributed by atoms with E-state index in [1.54, 1.807) is 6.20 Å². The van der Waals surface area contributed by atoms with Gasteiger partial charge in [-0.05, 0) is 30.7 Å². The minimum Gasteiger partial charge on any atom is -0.439 e. The molecule has 0 saturated carbocycles. The fraction of sp³-hybridized carbons (Fsp3) is 0.312. The van der Waals surface area contributed by atoms with Gasteiger partial charge in [0.1, 0.15) is 5.75 Å². The third-order valence-electron chi connectivity index (χ3n) is 2.82. The molecule has 0 unspecified atom stereocenters. The molecule has 0 aliphatic rings. The summed E-state index contributed by atoms with van der Waals surface area (Å²) in [6, 6.07) is 7.11. The van der Waals surface area contributed by atoms with Gasteiger partial charge in [-0.15, -0.1) is 0 Å². The zero-order valence-corrected chi connectivity index (χ0v) is 12.1. The van der Waals surface area contributed by atoms with E-state index in [0.29, 0.717) is 18.3 Å². The molecule has 1 heterocycles. The molecule has 21 heavy (non-hydrogen) atoms. The van der Waals surface area contributed by atoms with Crippen LogP contribution in [0.15, 0.2) is 36.5 Å². The molecule has 0 bridgehead atoms. The lowest BCUT2D eigenvalue weighted by atomic mass is 10.2. The third kappa shape index (κ3) is 4.49. The average molecular weight is 292 g/mol. The van der Waals surface area contributed by atoms with Crippen molar-refractivity contribution in [2.45, 2.75) is 20.4 Å². The standard InChI is InChI=1S/C16H18F2N2O/c1-11(2)9-19-10-12-4-3-7-20-16(12)21-13-5-6-14(17)15(18)8-13/h3-8,11,19H,9-10H2,1-2H3. The van der Waals surface area contributed by atoms with Crippen molar-refractivity contribution in [3.8, 4) is 11.6 Å². The molecular formula is C16H18F2N2O. The molecule has 0 aliphatic heterocycles. The molecule has 1 aromatic carbocycles. The molecule has 5 heteroatoms. The van der Waals surface area contributed by atoms with Gasteiger partial charge in [-0.2, -0.15) is 0 Å². The molecule has 2 rings (SSSR count). The summed E-state index contributed by atoms with van der Waals surface area (Å²) in [7, 11) is 0. The number of hydrogen-bond donors (Lipinski definition) is 1. The van der Waals surface area contributed by atoms with Crippen molar-refractivity contribution in [3.63, 3.8) is 0 Å². The van der Waals surface area contributed by atoms with Crippen LogP contribution in [0.25, 0.3) is 0 Å². The SMILES string of the molecule is CC(C)CNCc1cccnc1Oc1ccc(F)c(F)c1. The van der Waals surface area contributed by atoms with Crippen molar-refractivity contribution in [2.75, 3.05) is 6.54 Å². The Morgan fingerprint density at radius 1 is 1.19 bits per heavy atom. The van der Waals surface area contributed by atoms with Gasteiger partial charge in [-0.25, -0.2) is 13.8 Å². The Morgan fingerprint density at radius 2 is 2.00 bits per heavy atom. The molecular weight excluding hydrogens is 274 g/mol. The van der Waals surface area contributed by atoms with Crippen molar-refractivity contribution < 1.29 is 13.5 Å². The second-order valence-corrected chi connectivity index (χ2v) is 5.17. The minimum atomic E-state index is -0.942. The van der Waals surface area contributed by atoms with Crippen LogP contribution in [-0.4, -0.2) is 11.5 Å². The quantitative estimate of drug-likeness (QED) is 0.877. The number of nitrogens with one attached hydrogen (secondary N) is 1. The van der Waals surface area contributed by atoms with Crippen LogP contribution in [0.3, 0.4) is 0 Å². The second-order valence-electron chi connectivity index (χ2n) is 5.17. The predicted octanol–water partition coefficient (Wildman–Crippen LogP) is 3.90. The van der Waals surface area contributed by atoms with Gasteiger partial charge < -0.3 is 10.1 Å². The van der Waals surface area contributed by atoms with Crippen molar-refractivity contribution >= 4 is 0 Å². The van der Waals surface area contributed by atoms with Crippen LogP contribution < -0.4 is 10.1 Å². The van der Waals surface area contributed by atoms with Crippen molar-refractivity contribution in [1.29, 1.82) is 0 Å². The number of aromatic nitrogens is 1. The van der Waals surface area contributed by atoms with Crippen molar-refractivity contribution in [3.05, 3.63) is 53.7 Å². The third-order valence-corrected chi connectivity index (χ3v) is 2.82. The Labute approximate surface area is 123 Å². The number of hydrogen-bond acceptors (Lipinski definition) is 3. The first-order valence-electron chi connectivity index (χ1n) is 6.84. The fourth-order valence-corrected chi connectivity index (χ4v) is 1.80. The molecule has 112 valence electrons. The van der Waals surface area contributed by atoms with E-state index in [9.17, 15) is 8.78 Å². The molecule has 0 fully saturated rings. The van der Waals surface area contributed by atoms with Gasteiger partial charge >= 0.3 is 0 Å². The van der Waals surface area contributed by atoms with E-state index in [4.69, 9.17) is 4.74 Å². The molecule has 0 atom stereocenters. The maximum absolute atomic E-state index is 13.2. The molecule has 0 aliphatic carbocycles. The summed E-state index contributed by atoms with van der Waals surface area (Å²) in [6.07, 6.45) is 1.60. The molecule has 0 amide bonds. The van der Waals surface area contributed by atoms with Gasteiger partial charge in [0, 0.05) is 24.4 Å². The van der Waals surface area contributed by atoms with Crippen LogP contribution in [0.2, 0.25) is 0 Å². The summed E-state index contributed by atoms with van der Waals surface area (Å²) in [5, 5.41) is 3.29. The molecule has 0 radical (unpaired) electrons. The summed E-state index contributed by atoms with van der Waals surface area (Å²) in [5.74, 6) is -0.695. The first-order valence-corrected chi connectivity index (χ1v) is 6.84. The van der Waals surface area contributed by atoms with Gasteiger partial charge in [0.15, 0.2) is 11.6 Å². The Hall–Kier alpha value is -2.01. The largest absolute Gasteiger partial charge is 0.439 e. The highest BCUT2D eigenvalue weighted by Crippen LogP contribution is 2.24. The number of rotatable bonds is 6. The first kappa shape index (κ1) is 15.4. The monoisotopic (exact) mass is 292 g/mol. The lowest BCUT2D eigenvalue weighted by Crippen LogP contribution is -2.19. The van der Waals surface area contributed by atoms with E-state index < -0.39 is 11.6 Å². The lowest BCUT2D eigenvalue weighted by molar-refractivity contribution is 0.438. The maximum atomic E-state index is 13.2. The van der Waals surface area contributed by atoms with E-state index in [-0.39, 0.29) is 5.75 Å². The van der Waals surface area contributed by atoms with Crippen LogP contribution in [0.5, 0.6) is 11.6 Å². The van der Waals surface area contributed by atoms with Gasteiger partial charge in [-0.1, -0.05) is 19.9 Å². The van der Waals surface area contributed by atoms with Crippen LogP contribution >= 0.6 is 0 Å². The Kier molecular flexibility index (Phi) is 5.22. The van der Waals surface area contributed by atoms with Crippen molar-refractivity contribution in [2.24, 2.45) is 5.92 Å². The second kappa shape index (κ2) is 7.13. The summed E-state index contributed by atoms with van der Waals surface area (Å²) in [4.78, 5) is 4.15. The molecule has 1 aromatic heterocycles. The van der Waals surface area contributed by atoms with E-state index in [1.807, 2.05) is 12.1 Å². The lowest BCUT2D eigenvalue weighted by Gasteiger charge is -2.12. The predicted molar refractivity (Wildman–Crippen MR) is 77.2 cm³/mol. The molecule has 3 nitrogen and oxygen atoms in total. The Balaban J connectivity index is 2.10. The first-order chi connectivity index (χ1) is 10.1. The normalized spacial score (nSPS) is 10.9. The fourth-order valence-electron chi connectivity index (χ4n) is 1.80. The zero-order chi connectivity index (χ0) is 15.2. The van der Waals surface area contributed by atoms with Gasteiger partial charge in [-0.3, -0.25) is 0 Å². The summed E-state index contributed by atoms with van der Waals surface area (Å²) < 4.78 is 31.6. The molecule has 1 N–H and O–H groups in total. The van der Waals surface area contributed by atoms with Crippen LogP contribution in [0, 0.1) is 17.6 Å². The summed E-state index contributed by atoms with van der Waals surface area (Å²) in [6.45, 7) is 5.72. The highest BCUT2D eigenvalue weighted by molar-refractivity contribution is 5.32. The van der Waals surface area contributed by atoms with Gasteiger partial charge in [0.2, 0.25) is 5.88 Å². The number of ether oxygens (including phenoxy) is 1. The highest BCUT2D eigenvalue weighted by Gasteiger charge is 2.08. The number of halogens is 2. The number of benzene rings is 1. The average Bonchev–Trinajstić information content (AvgIpc) is 2.44. The van der Waals surface area contributed by atoms with Crippen LogP contribution in [0.4, 0.5) is 8.78 Å². The van der Waals surface area contributed by atoms with Crippen molar-refractivity contribution in [1.82, 2.24) is 10.3 Å². The van der Waals surface area contributed by atoms with E-state index in [1.165, 1.54) is 6.07 Å². The van der Waals surface area contributed by atoms with Crippen LogP contribution in [0.1, 0.15) is 19.4 Å². The number of pyridine rings is 1. The van der Waals surface area contributed by atoms with Crippen LogP contribution in [-0.2, 0) is 6.54 Å². The topological polar surface area (TPSA) is 34.2 Å². The Bertz CT molecular complexity index is 603. The smallest absolute Gasteiger partial charge is 0.223 e. The summed E-state index contributed by atoms with van der Waals surface area (Å²) in [5.41, 5.74) is 0.864. The van der Waals surface area contributed by atoms with E-state index in [2.05, 4.69) is 24.1 Å². The van der Waals surface area contributed by atoms with E-state index >= 15 is 0 Å². The van der Waals surface area contributed by atoms with E-state index in [0.717, 1.165) is 24.2 Å². The minimum absolute atomic E-state index is 0.220. The zero-order valence-electron chi connectivity index (χ0n) is 12.1. The Morgan fingerprint density at radius 3 is 2.71 bits per heavy atom. The van der Waals surface area contributed by atoms with Gasteiger partial charge in [0.25, 0.3) is 0 Å². The molecule has 0 spiro atoms. The maximum Gasteiger partial charge on any atom is 0.223 e. The number of nitrogens with zero attached hydrogens (tertiary/aromatic N) is 1. The highest BCUT2D eigenvalue weighted by atomic mass is 19.2. The van der Waals surface area contributed by atoms with Gasteiger partial charge in [0.05, 0.1) is 0 Å². The molecule has 2 aromatic rings.